The summed E-state index contributed by atoms with van der Waals surface area (Å²) in [5.74, 6) is 0.982. The first-order valence-electron chi connectivity index (χ1n) is 5.42. The molecule has 0 spiro atoms. The van der Waals surface area contributed by atoms with Gasteiger partial charge in [0.2, 0.25) is 0 Å². The van der Waals surface area contributed by atoms with E-state index in [1.165, 1.54) is 0 Å². The zero-order chi connectivity index (χ0) is 12.2. The Morgan fingerprint density at radius 1 is 1.56 bits per heavy atom. The predicted octanol–water partition coefficient (Wildman–Crippen LogP) is 2.41. The van der Waals surface area contributed by atoms with Gasteiger partial charge in [0.05, 0.1) is 17.8 Å². The maximum Gasteiger partial charge on any atom is 0.117 e. The summed E-state index contributed by atoms with van der Waals surface area (Å²) in [6.45, 7) is 5.93. The maximum absolute atomic E-state index is 5.69. The molecule has 0 aliphatic rings. The van der Waals surface area contributed by atoms with Crippen LogP contribution in [0.15, 0.2) is 22.8 Å². The molecule has 16 heavy (non-hydrogen) atoms. The Bertz CT molecular complexity index is 333. The number of hydrogen-bond donors (Lipinski definition) is 1. The summed E-state index contributed by atoms with van der Waals surface area (Å²) in [7, 11) is 2.07. The molecule has 0 amide bonds. The van der Waals surface area contributed by atoms with Crippen molar-refractivity contribution in [2.45, 2.75) is 26.8 Å². The van der Waals surface area contributed by atoms with E-state index in [9.17, 15) is 0 Å². The lowest BCUT2D eigenvalue weighted by atomic mass is 9.89. The van der Waals surface area contributed by atoms with Crippen molar-refractivity contribution in [2.75, 3.05) is 13.6 Å². The second kappa shape index (κ2) is 5.46. The fraction of sp³-hybridized carbons (Fsp3) is 0.583. The smallest absolute Gasteiger partial charge is 0.117 e. The summed E-state index contributed by atoms with van der Waals surface area (Å²) in [4.78, 5) is 2.79. The molecular formula is C12H20N2OS. The van der Waals surface area contributed by atoms with Crippen LogP contribution in [0.5, 0.6) is 0 Å². The van der Waals surface area contributed by atoms with Gasteiger partial charge in [-0.2, -0.15) is 0 Å². The van der Waals surface area contributed by atoms with Crippen LogP contribution in [0.3, 0.4) is 0 Å². The molecular weight excluding hydrogens is 220 g/mol. The number of rotatable bonds is 6. The quantitative estimate of drug-likeness (QED) is 0.775. The molecule has 0 atom stereocenters. The standard InChI is InChI=1S/C12H20N2OS/c1-12(2,11(13)16)6-7-14(3)9-10-5-4-8-15-10/h4-5,8H,6-7,9H2,1-3H3,(H2,13,16). The summed E-state index contributed by atoms with van der Waals surface area (Å²) in [6.07, 6.45) is 2.65. The summed E-state index contributed by atoms with van der Waals surface area (Å²) in [6, 6.07) is 3.89. The third-order valence-electron chi connectivity index (χ3n) is 2.79. The molecule has 0 unspecified atom stereocenters. The molecule has 1 heterocycles. The number of furan rings is 1. The van der Waals surface area contributed by atoms with Crippen molar-refractivity contribution >= 4 is 17.2 Å². The van der Waals surface area contributed by atoms with Crippen molar-refractivity contribution in [3.05, 3.63) is 24.2 Å². The van der Waals surface area contributed by atoms with E-state index in [-0.39, 0.29) is 5.41 Å². The summed E-state index contributed by atoms with van der Waals surface area (Å²) < 4.78 is 5.29. The molecule has 0 saturated heterocycles. The van der Waals surface area contributed by atoms with Gasteiger partial charge in [0.1, 0.15) is 5.76 Å². The van der Waals surface area contributed by atoms with Gasteiger partial charge in [-0.25, -0.2) is 0 Å². The molecule has 0 aliphatic heterocycles. The highest BCUT2D eigenvalue weighted by molar-refractivity contribution is 7.80. The van der Waals surface area contributed by atoms with Crippen LogP contribution >= 0.6 is 12.2 Å². The third-order valence-corrected chi connectivity index (χ3v) is 3.34. The first-order valence-corrected chi connectivity index (χ1v) is 5.83. The predicted molar refractivity (Wildman–Crippen MR) is 70.2 cm³/mol. The van der Waals surface area contributed by atoms with E-state index in [2.05, 4.69) is 25.8 Å². The lowest BCUT2D eigenvalue weighted by molar-refractivity contribution is 0.265. The largest absolute Gasteiger partial charge is 0.468 e. The van der Waals surface area contributed by atoms with Crippen LogP contribution in [0.1, 0.15) is 26.0 Å². The normalized spacial score (nSPS) is 12.0. The SMILES string of the molecule is CN(CCC(C)(C)C(N)=S)Cc1ccco1. The van der Waals surface area contributed by atoms with Gasteiger partial charge in [0, 0.05) is 5.41 Å². The zero-order valence-electron chi connectivity index (χ0n) is 10.2. The molecule has 1 rings (SSSR count). The topological polar surface area (TPSA) is 42.4 Å². The van der Waals surface area contributed by atoms with Crippen LogP contribution in [-0.2, 0) is 6.54 Å². The van der Waals surface area contributed by atoms with Crippen LogP contribution in [0, 0.1) is 5.41 Å². The van der Waals surface area contributed by atoms with Crippen molar-refractivity contribution in [2.24, 2.45) is 11.1 Å². The van der Waals surface area contributed by atoms with Crippen LogP contribution < -0.4 is 5.73 Å². The third kappa shape index (κ3) is 3.94. The van der Waals surface area contributed by atoms with Crippen LogP contribution in [-0.4, -0.2) is 23.5 Å². The van der Waals surface area contributed by atoms with Crippen molar-refractivity contribution < 1.29 is 4.42 Å². The van der Waals surface area contributed by atoms with Crippen LogP contribution in [0.4, 0.5) is 0 Å². The highest BCUT2D eigenvalue weighted by Gasteiger charge is 2.21. The summed E-state index contributed by atoms with van der Waals surface area (Å²) in [5, 5.41) is 0. The summed E-state index contributed by atoms with van der Waals surface area (Å²) in [5.41, 5.74) is 5.61. The van der Waals surface area contributed by atoms with Gasteiger partial charge in [-0.3, -0.25) is 4.90 Å². The van der Waals surface area contributed by atoms with Gasteiger partial charge in [-0.05, 0) is 32.1 Å². The van der Waals surface area contributed by atoms with Gasteiger partial charge < -0.3 is 10.2 Å². The van der Waals surface area contributed by atoms with Crippen molar-refractivity contribution in [3.8, 4) is 0 Å². The van der Waals surface area contributed by atoms with Crippen molar-refractivity contribution in [1.29, 1.82) is 0 Å². The van der Waals surface area contributed by atoms with Gasteiger partial charge in [-0.1, -0.05) is 26.1 Å². The average molecular weight is 240 g/mol. The van der Waals surface area contributed by atoms with E-state index >= 15 is 0 Å². The Balaban J connectivity index is 2.35. The van der Waals surface area contributed by atoms with E-state index in [0.29, 0.717) is 4.99 Å². The molecule has 0 fully saturated rings. The van der Waals surface area contributed by atoms with E-state index in [0.717, 1.165) is 25.3 Å². The average Bonchev–Trinajstić information content (AvgIpc) is 2.67. The van der Waals surface area contributed by atoms with Crippen molar-refractivity contribution in [1.82, 2.24) is 4.90 Å². The fourth-order valence-electron chi connectivity index (χ4n) is 1.34. The Kier molecular flexibility index (Phi) is 4.50. The minimum absolute atomic E-state index is 0.0766. The highest BCUT2D eigenvalue weighted by atomic mass is 32.1. The minimum atomic E-state index is -0.0766. The minimum Gasteiger partial charge on any atom is -0.468 e. The maximum atomic E-state index is 5.69. The lowest BCUT2D eigenvalue weighted by Gasteiger charge is -2.26. The monoisotopic (exact) mass is 240 g/mol. The molecule has 90 valence electrons. The van der Waals surface area contributed by atoms with Gasteiger partial charge in [-0.15, -0.1) is 0 Å². The summed E-state index contributed by atoms with van der Waals surface area (Å²) >= 11 is 5.04. The highest BCUT2D eigenvalue weighted by Crippen LogP contribution is 2.21. The number of nitrogens with zero attached hydrogens (tertiary/aromatic N) is 1. The first kappa shape index (κ1) is 13.2. The van der Waals surface area contributed by atoms with E-state index in [4.69, 9.17) is 22.4 Å². The molecule has 4 heteroatoms. The number of hydrogen-bond acceptors (Lipinski definition) is 3. The van der Waals surface area contributed by atoms with Crippen LogP contribution in [0.25, 0.3) is 0 Å². The molecule has 0 aromatic carbocycles. The molecule has 1 aromatic rings. The van der Waals surface area contributed by atoms with Crippen LogP contribution in [0.2, 0.25) is 0 Å². The molecule has 0 aliphatic carbocycles. The lowest BCUT2D eigenvalue weighted by Crippen LogP contribution is -2.33. The Morgan fingerprint density at radius 2 is 2.25 bits per heavy atom. The molecule has 0 radical (unpaired) electrons. The van der Waals surface area contributed by atoms with Crippen molar-refractivity contribution in [3.63, 3.8) is 0 Å². The Hall–Kier alpha value is -0.870. The second-order valence-electron chi connectivity index (χ2n) is 4.82. The van der Waals surface area contributed by atoms with Gasteiger partial charge in [0.25, 0.3) is 0 Å². The van der Waals surface area contributed by atoms with E-state index in [1.807, 2.05) is 12.1 Å². The zero-order valence-corrected chi connectivity index (χ0v) is 11.0. The Labute approximate surface area is 103 Å². The second-order valence-corrected chi connectivity index (χ2v) is 5.26. The Morgan fingerprint density at radius 3 is 2.75 bits per heavy atom. The molecule has 0 bridgehead atoms. The van der Waals surface area contributed by atoms with E-state index < -0.39 is 0 Å². The molecule has 3 nitrogen and oxygen atoms in total. The number of nitrogens with two attached hydrogens (primary N) is 1. The fourth-order valence-corrected chi connectivity index (χ4v) is 1.44. The molecule has 1 aromatic heterocycles. The van der Waals surface area contributed by atoms with Gasteiger partial charge in [0.15, 0.2) is 0 Å². The molecule has 2 N–H and O–H groups in total. The first-order chi connectivity index (χ1) is 7.42. The number of thiocarbonyl (C=S) groups is 1. The molecule has 0 saturated carbocycles. The van der Waals surface area contributed by atoms with Gasteiger partial charge >= 0.3 is 0 Å². The van der Waals surface area contributed by atoms with E-state index in [1.54, 1.807) is 6.26 Å².